The number of hydrogen-bond acceptors (Lipinski definition) is 3. The third kappa shape index (κ3) is 3.10. The molecule has 98 valence electrons. The van der Waals surface area contributed by atoms with Crippen molar-refractivity contribution in [2.24, 2.45) is 5.73 Å². The van der Waals surface area contributed by atoms with Crippen LogP contribution in [0.5, 0.6) is 0 Å². The van der Waals surface area contributed by atoms with Crippen LogP contribution in [0.1, 0.15) is 18.6 Å². The van der Waals surface area contributed by atoms with Gasteiger partial charge >= 0.3 is 0 Å². The van der Waals surface area contributed by atoms with E-state index in [-0.39, 0.29) is 12.0 Å². The van der Waals surface area contributed by atoms with E-state index in [1.54, 1.807) is 11.8 Å². The minimum absolute atomic E-state index is 0.0135. The molecule has 2 rings (SSSR count). The Morgan fingerprint density at radius 1 is 1.50 bits per heavy atom. The van der Waals surface area contributed by atoms with Crippen molar-refractivity contribution in [1.29, 1.82) is 0 Å². The number of morpholine rings is 1. The van der Waals surface area contributed by atoms with Crippen LogP contribution in [0, 0.1) is 0 Å². The molecule has 1 aromatic rings. The normalized spacial score (nSPS) is 21.7. The Morgan fingerprint density at radius 2 is 2.17 bits per heavy atom. The van der Waals surface area contributed by atoms with Crippen molar-refractivity contribution in [1.82, 2.24) is 4.90 Å². The van der Waals surface area contributed by atoms with Gasteiger partial charge in [-0.1, -0.05) is 28.1 Å². The second-order valence-electron chi connectivity index (χ2n) is 4.48. The third-order valence-electron chi connectivity index (χ3n) is 3.01. The zero-order valence-corrected chi connectivity index (χ0v) is 11.9. The molecule has 0 spiro atoms. The van der Waals surface area contributed by atoms with Crippen LogP contribution in [-0.4, -0.2) is 36.5 Å². The Kier molecular flexibility index (Phi) is 4.37. The van der Waals surface area contributed by atoms with E-state index < -0.39 is 6.04 Å². The highest BCUT2D eigenvalue weighted by Crippen LogP contribution is 2.24. The lowest BCUT2D eigenvalue weighted by Crippen LogP contribution is -2.48. The standard InChI is InChI=1S/C13H17BrN2O2/c1-9(15)13(17)16-6-7-18-12(8-16)10-2-4-11(14)5-3-10/h2-5,9,12H,6-8,15H2,1H3/t9-,12?/m1/s1. The van der Waals surface area contributed by atoms with Gasteiger partial charge < -0.3 is 15.4 Å². The van der Waals surface area contributed by atoms with Crippen molar-refractivity contribution in [3.05, 3.63) is 34.3 Å². The highest BCUT2D eigenvalue weighted by atomic mass is 79.9. The van der Waals surface area contributed by atoms with Crippen molar-refractivity contribution < 1.29 is 9.53 Å². The van der Waals surface area contributed by atoms with E-state index >= 15 is 0 Å². The summed E-state index contributed by atoms with van der Waals surface area (Å²) in [5, 5.41) is 0. The van der Waals surface area contributed by atoms with Crippen LogP contribution in [0.3, 0.4) is 0 Å². The quantitative estimate of drug-likeness (QED) is 0.904. The van der Waals surface area contributed by atoms with Gasteiger partial charge in [0.25, 0.3) is 0 Å². The first-order valence-electron chi connectivity index (χ1n) is 5.99. The maximum atomic E-state index is 11.9. The zero-order chi connectivity index (χ0) is 13.1. The van der Waals surface area contributed by atoms with Crippen LogP contribution in [0.2, 0.25) is 0 Å². The molecule has 1 amide bonds. The SMILES string of the molecule is C[C@@H](N)C(=O)N1CCOC(c2ccc(Br)cc2)C1. The Bertz CT molecular complexity index is 420. The summed E-state index contributed by atoms with van der Waals surface area (Å²) >= 11 is 3.40. The molecular weight excluding hydrogens is 296 g/mol. The molecule has 5 heteroatoms. The van der Waals surface area contributed by atoms with Crippen molar-refractivity contribution in [3.8, 4) is 0 Å². The van der Waals surface area contributed by atoms with E-state index in [0.717, 1.165) is 10.0 Å². The van der Waals surface area contributed by atoms with Gasteiger partial charge in [-0.05, 0) is 24.6 Å². The van der Waals surface area contributed by atoms with E-state index in [0.29, 0.717) is 19.7 Å². The van der Waals surface area contributed by atoms with E-state index in [1.807, 2.05) is 24.3 Å². The number of nitrogens with two attached hydrogens (primary N) is 1. The fourth-order valence-electron chi connectivity index (χ4n) is 2.02. The molecular formula is C13H17BrN2O2. The Morgan fingerprint density at radius 3 is 2.78 bits per heavy atom. The van der Waals surface area contributed by atoms with Crippen LogP contribution in [0.4, 0.5) is 0 Å². The molecule has 1 heterocycles. The maximum Gasteiger partial charge on any atom is 0.239 e. The first kappa shape index (κ1) is 13.5. The second-order valence-corrected chi connectivity index (χ2v) is 5.40. The van der Waals surface area contributed by atoms with Crippen molar-refractivity contribution in [2.45, 2.75) is 19.1 Å². The monoisotopic (exact) mass is 312 g/mol. The number of rotatable bonds is 2. The number of halogens is 1. The minimum Gasteiger partial charge on any atom is -0.370 e. The van der Waals surface area contributed by atoms with Gasteiger partial charge in [0.05, 0.1) is 19.2 Å². The number of carbonyl (C=O) groups excluding carboxylic acids is 1. The molecule has 0 bridgehead atoms. The van der Waals surface area contributed by atoms with E-state index in [2.05, 4.69) is 15.9 Å². The molecule has 18 heavy (non-hydrogen) atoms. The molecule has 1 aliphatic heterocycles. The predicted octanol–water partition coefficient (Wildman–Crippen LogP) is 1.70. The summed E-state index contributed by atoms with van der Waals surface area (Å²) in [6, 6.07) is 7.52. The predicted molar refractivity (Wildman–Crippen MR) is 73.1 cm³/mol. The molecule has 0 aliphatic carbocycles. The number of amides is 1. The number of nitrogens with zero attached hydrogens (tertiary/aromatic N) is 1. The summed E-state index contributed by atoms with van der Waals surface area (Å²) in [6.07, 6.45) is -0.0606. The maximum absolute atomic E-state index is 11.9. The van der Waals surface area contributed by atoms with Crippen molar-refractivity contribution in [3.63, 3.8) is 0 Å². The van der Waals surface area contributed by atoms with Gasteiger partial charge in [0.1, 0.15) is 6.10 Å². The summed E-state index contributed by atoms with van der Waals surface area (Å²) in [7, 11) is 0. The lowest BCUT2D eigenvalue weighted by molar-refractivity contribution is -0.140. The fraction of sp³-hybridized carbons (Fsp3) is 0.462. The van der Waals surface area contributed by atoms with Crippen LogP contribution in [0.15, 0.2) is 28.7 Å². The summed E-state index contributed by atoms with van der Waals surface area (Å²) in [5.74, 6) is -0.0135. The van der Waals surface area contributed by atoms with Gasteiger partial charge in [-0.25, -0.2) is 0 Å². The number of ether oxygens (including phenoxy) is 1. The fourth-order valence-corrected chi connectivity index (χ4v) is 2.28. The average molecular weight is 313 g/mol. The smallest absolute Gasteiger partial charge is 0.239 e. The highest BCUT2D eigenvalue weighted by molar-refractivity contribution is 9.10. The van der Waals surface area contributed by atoms with E-state index in [9.17, 15) is 4.79 Å². The van der Waals surface area contributed by atoms with Crippen LogP contribution in [-0.2, 0) is 9.53 Å². The van der Waals surface area contributed by atoms with Gasteiger partial charge in [-0.3, -0.25) is 4.79 Å². The molecule has 1 saturated heterocycles. The third-order valence-corrected chi connectivity index (χ3v) is 3.54. The first-order chi connectivity index (χ1) is 8.58. The van der Waals surface area contributed by atoms with Crippen LogP contribution < -0.4 is 5.73 Å². The van der Waals surface area contributed by atoms with E-state index in [1.165, 1.54) is 0 Å². The molecule has 1 aromatic carbocycles. The molecule has 0 saturated carbocycles. The molecule has 0 radical (unpaired) electrons. The molecule has 1 fully saturated rings. The number of hydrogen-bond donors (Lipinski definition) is 1. The average Bonchev–Trinajstić information content (AvgIpc) is 2.38. The van der Waals surface area contributed by atoms with Crippen LogP contribution in [0.25, 0.3) is 0 Å². The first-order valence-corrected chi connectivity index (χ1v) is 6.78. The molecule has 0 aromatic heterocycles. The topological polar surface area (TPSA) is 55.6 Å². The summed E-state index contributed by atoms with van der Waals surface area (Å²) in [4.78, 5) is 13.6. The zero-order valence-electron chi connectivity index (χ0n) is 10.3. The molecule has 4 nitrogen and oxygen atoms in total. The Balaban J connectivity index is 2.07. The molecule has 1 unspecified atom stereocenters. The van der Waals surface area contributed by atoms with E-state index in [4.69, 9.17) is 10.5 Å². The second kappa shape index (κ2) is 5.82. The highest BCUT2D eigenvalue weighted by Gasteiger charge is 2.26. The minimum atomic E-state index is -0.450. The Labute approximate surface area is 115 Å². The lowest BCUT2D eigenvalue weighted by atomic mass is 10.1. The number of benzene rings is 1. The molecule has 1 aliphatic rings. The van der Waals surface area contributed by atoms with Crippen molar-refractivity contribution >= 4 is 21.8 Å². The van der Waals surface area contributed by atoms with Crippen molar-refractivity contribution in [2.75, 3.05) is 19.7 Å². The summed E-state index contributed by atoms with van der Waals surface area (Å²) in [5.41, 5.74) is 6.72. The van der Waals surface area contributed by atoms with Gasteiger partial charge in [0.15, 0.2) is 0 Å². The van der Waals surface area contributed by atoms with Crippen LogP contribution >= 0.6 is 15.9 Å². The largest absolute Gasteiger partial charge is 0.370 e. The van der Waals surface area contributed by atoms with Gasteiger partial charge in [-0.2, -0.15) is 0 Å². The van der Waals surface area contributed by atoms with Gasteiger partial charge in [0.2, 0.25) is 5.91 Å². The molecule has 2 atom stereocenters. The summed E-state index contributed by atoms with van der Waals surface area (Å²) in [6.45, 7) is 3.46. The van der Waals surface area contributed by atoms with Gasteiger partial charge in [-0.15, -0.1) is 0 Å². The molecule has 2 N–H and O–H groups in total. The van der Waals surface area contributed by atoms with Gasteiger partial charge in [0, 0.05) is 11.0 Å². The lowest BCUT2D eigenvalue weighted by Gasteiger charge is -2.34. The number of carbonyl (C=O) groups is 1. The Hall–Kier alpha value is -0.910. The summed E-state index contributed by atoms with van der Waals surface area (Å²) < 4.78 is 6.75.